The van der Waals surface area contributed by atoms with Crippen molar-refractivity contribution >= 4 is 13.4 Å². The van der Waals surface area contributed by atoms with Crippen LogP contribution in [0.25, 0.3) is 0 Å². The molecule has 0 aliphatic heterocycles. The highest BCUT2D eigenvalue weighted by molar-refractivity contribution is 6.87. The van der Waals surface area contributed by atoms with Gasteiger partial charge >= 0.3 is 0 Å². The minimum atomic E-state index is 0.195. The molecule has 30 heavy (non-hydrogen) atoms. The summed E-state index contributed by atoms with van der Waals surface area (Å²) in [5, 5.41) is 0. The average molecular weight is 402 g/mol. The number of hydrogen-bond donors (Lipinski definition) is 0. The van der Waals surface area contributed by atoms with E-state index in [-0.39, 0.29) is 16.2 Å². The summed E-state index contributed by atoms with van der Waals surface area (Å²) in [6.45, 7) is 22.0. The predicted octanol–water partition coefficient (Wildman–Crippen LogP) is 8.60. The van der Waals surface area contributed by atoms with Crippen molar-refractivity contribution in [2.45, 2.75) is 86.1 Å². The molecule has 0 nitrogen and oxygen atoms in total. The molecule has 2 rings (SSSR count). The van der Waals surface area contributed by atoms with Gasteiger partial charge in [0, 0.05) is 0 Å². The van der Waals surface area contributed by atoms with E-state index in [9.17, 15) is 0 Å². The Balaban J connectivity index is 2.54. The van der Waals surface area contributed by atoms with E-state index in [2.05, 4.69) is 135 Å². The highest BCUT2D eigenvalue weighted by Gasteiger charge is 2.40. The molecule has 162 valence electrons. The molecule has 0 aromatic rings. The Morgan fingerprint density at radius 2 is 0.967 bits per heavy atom. The minimum absolute atomic E-state index is 0.195. The van der Waals surface area contributed by atoms with Crippen LogP contribution in [0.1, 0.15) is 68.7 Å². The first-order chi connectivity index (χ1) is 13.8. The van der Waals surface area contributed by atoms with Gasteiger partial charge in [0.15, 0.2) is 13.4 Å². The zero-order valence-corrected chi connectivity index (χ0v) is 21.0. The molecule has 0 radical (unpaired) electrons. The summed E-state index contributed by atoms with van der Waals surface area (Å²) in [5.74, 6) is 6.05. The quantitative estimate of drug-likeness (QED) is 0.374. The fourth-order valence-electron chi connectivity index (χ4n) is 4.56. The van der Waals surface area contributed by atoms with Gasteiger partial charge in [-0.1, -0.05) is 135 Å². The van der Waals surface area contributed by atoms with Gasteiger partial charge in [-0.3, -0.25) is 0 Å². The number of allylic oxidation sites excluding steroid dienone is 10. The zero-order valence-electron chi connectivity index (χ0n) is 21.0. The van der Waals surface area contributed by atoms with Gasteiger partial charge in [0.1, 0.15) is 0 Å². The molecule has 0 aromatic heterocycles. The molecule has 0 bridgehead atoms. The van der Waals surface area contributed by atoms with Crippen molar-refractivity contribution < 1.29 is 0 Å². The van der Waals surface area contributed by atoms with E-state index in [4.69, 9.17) is 0 Å². The maximum atomic E-state index is 2.54. The van der Waals surface area contributed by atoms with Crippen LogP contribution in [0.15, 0.2) is 72.7 Å². The van der Waals surface area contributed by atoms with Gasteiger partial charge in [0.05, 0.1) is 0 Å². The lowest BCUT2D eigenvalue weighted by molar-refractivity contribution is 0.386. The van der Waals surface area contributed by atoms with Crippen molar-refractivity contribution in [2.24, 2.45) is 16.2 Å². The van der Waals surface area contributed by atoms with E-state index in [0.29, 0.717) is 30.8 Å². The van der Waals surface area contributed by atoms with Gasteiger partial charge in [0.25, 0.3) is 0 Å². The Morgan fingerprint density at radius 1 is 0.633 bits per heavy atom. The first-order valence-corrected chi connectivity index (χ1v) is 11.8. The second kappa shape index (κ2) is 9.80. The average Bonchev–Trinajstić information content (AvgIpc) is 3.25. The molecule has 0 atom stereocenters. The summed E-state index contributed by atoms with van der Waals surface area (Å²) < 4.78 is 0. The fourth-order valence-corrected chi connectivity index (χ4v) is 4.56. The van der Waals surface area contributed by atoms with Crippen molar-refractivity contribution in [2.75, 3.05) is 0 Å². The Kier molecular flexibility index (Phi) is 8.11. The Labute approximate surface area is 188 Å². The third-order valence-corrected chi connectivity index (χ3v) is 5.92. The molecule has 0 N–H and O–H groups in total. The molecule has 2 aliphatic rings. The number of rotatable bonds is 7. The Bertz CT molecular complexity index is 646. The summed E-state index contributed by atoms with van der Waals surface area (Å²) in [5.41, 5.74) is 1.24. The van der Waals surface area contributed by atoms with E-state index in [0.717, 1.165) is 0 Å². The van der Waals surface area contributed by atoms with Crippen molar-refractivity contribution in [3.63, 3.8) is 0 Å². The third kappa shape index (κ3) is 8.37. The first-order valence-electron chi connectivity index (χ1n) is 11.8. The smallest absolute Gasteiger partial charge is 0.118 e. The molecule has 0 aromatic carbocycles. The lowest BCUT2D eigenvalue weighted by Crippen LogP contribution is -2.38. The van der Waals surface area contributed by atoms with Gasteiger partial charge in [-0.25, -0.2) is 0 Å². The largest absolute Gasteiger partial charge is 0.173 e. The summed E-state index contributed by atoms with van der Waals surface area (Å²) in [6, 6.07) is 0. The van der Waals surface area contributed by atoms with Crippen LogP contribution >= 0.6 is 0 Å². The molecule has 0 unspecified atom stereocenters. The Hall–Kier alpha value is -1.43. The molecule has 0 saturated carbocycles. The minimum Gasteiger partial charge on any atom is -0.118 e. The lowest BCUT2D eigenvalue weighted by atomic mass is 9.15. The van der Waals surface area contributed by atoms with Crippen LogP contribution < -0.4 is 0 Å². The third-order valence-electron chi connectivity index (χ3n) is 5.92. The van der Waals surface area contributed by atoms with Crippen molar-refractivity contribution in [3.8, 4) is 0 Å². The standard InChI is InChI=1S/C28H44B2/c1-26(2,3)18-20-29(23-14-10-11-15-23)25(22-28(7,8)9)30(21-19-27(4,5)6)24-16-12-13-17-24/h10-21,23-25H,22H2,1-9H3/b20-18+,21-19+. The van der Waals surface area contributed by atoms with Crippen molar-refractivity contribution in [3.05, 3.63) is 72.7 Å². The summed E-state index contributed by atoms with van der Waals surface area (Å²) in [4.78, 5) is 0. The van der Waals surface area contributed by atoms with E-state index in [1.54, 1.807) is 0 Å². The van der Waals surface area contributed by atoms with Gasteiger partial charge in [-0.05, 0) is 27.9 Å². The van der Waals surface area contributed by atoms with Gasteiger partial charge in [0.2, 0.25) is 0 Å². The van der Waals surface area contributed by atoms with E-state index >= 15 is 0 Å². The van der Waals surface area contributed by atoms with Crippen LogP contribution in [0.3, 0.4) is 0 Å². The fraction of sp³-hybridized carbons (Fsp3) is 0.571. The predicted molar refractivity (Wildman–Crippen MR) is 141 cm³/mol. The lowest BCUT2D eigenvalue weighted by Gasteiger charge is -2.37. The molecule has 2 aliphatic carbocycles. The highest BCUT2D eigenvalue weighted by Crippen LogP contribution is 2.43. The van der Waals surface area contributed by atoms with Crippen LogP contribution in [-0.4, -0.2) is 13.4 Å². The second-order valence-electron chi connectivity index (χ2n) is 12.7. The van der Waals surface area contributed by atoms with Crippen LogP contribution in [0.5, 0.6) is 0 Å². The van der Waals surface area contributed by atoms with Crippen LogP contribution in [0.4, 0.5) is 0 Å². The molecule has 2 heteroatoms. The van der Waals surface area contributed by atoms with E-state index in [1.165, 1.54) is 6.42 Å². The zero-order chi connectivity index (χ0) is 22.6. The monoisotopic (exact) mass is 402 g/mol. The van der Waals surface area contributed by atoms with Crippen LogP contribution in [-0.2, 0) is 0 Å². The van der Waals surface area contributed by atoms with Crippen molar-refractivity contribution in [1.82, 2.24) is 0 Å². The highest BCUT2D eigenvalue weighted by atomic mass is 14.2. The molecule has 0 spiro atoms. The van der Waals surface area contributed by atoms with Gasteiger partial charge in [-0.2, -0.15) is 0 Å². The maximum absolute atomic E-state index is 2.54. The van der Waals surface area contributed by atoms with E-state index in [1.807, 2.05) is 0 Å². The van der Waals surface area contributed by atoms with Gasteiger partial charge in [-0.15, -0.1) is 12.0 Å². The molecule has 0 saturated heterocycles. The Morgan fingerprint density at radius 3 is 1.23 bits per heavy atom. The SMILES string of the molecule is CC(C)(C)/C=C/B(C1C=CC=C1)C(CC(C)(C)C)B(/C=C/C(C)(C)C)C1C=CC=C1. The number of hydrogen-bond acceptors (Lipinski definition) is 0. The van der Waals surface area contributed by atoms with Crippen LogP contribution in [0, 0.1) is 16.2 Å². The second-order valence-corrected chi connectivity index (χ2v) is 12.7. The topological polar surface area (TPSA) is 0 Å². The van der Waals surface area contributed by atoms with Gasteiger partial charge < -0.3 is 0 Å². The van der Waals surface area contributed by atoms with E-state index < -0.39 is 0 Å². The normalized spacial score (nSPS) is 18.2. The maximum Gasteiger partial charge on any atom is 0.173 e. The summed E-state index contributed by atoms with van der Waals surface area (Å²) >= 11 is 0. The summed E-state index contributed by atoms with van der Waals surface area (Å²) in [6.07, 6.45) is 24.6. The molecule has 0 amide bonds. The molecular weight excluding hydrogens is 358 g/mol. The first kappa shape index (κ1) is 24.8. The summed E-state index contributed by atoms with van der Waals surface area (Å²) in [7, 11) is 0. The molecule has 0 fully saturated rings. The molecule has 0 heterocycles. The van der Waals surface area contributed by atoms with Crippen LogP contribution in [0.2, 0.25) is 17.4 Å². The molecular formula is C28H44B2. The van der Waals surface area contributed by atoms with Crippen molar-refractivity contribution in [1.29, 1.82) is 0 Å².